The van der Waals surface area contributed by atoms with Gasteiger partial charge >= 0.3 is 0 Å². The zero-order chi connectivity index (χ0) is 14.8. The molecule has 0 radical (unpaired) electrons. The van der Waals surface area contributed by atoms with Crippen molar-refractivity contribution >= 4 is 29.0 Å². The van der Waals surface area contributed by atoms with Crippen molar-refractivity contribution in [3.8, 4) is 0 Å². The van der Waals surface area contributed by atoms with E-state index >= 15 is 0 Å². The summed E-state index contributed by atoms with van der Waals surface area (Å²) in [6, 6.07) is 4.20. The average molecular weight is 308 g/mol. The number of nitrogens with two attached hydrogens (primary N) is 1. The van der Waals surface area contributed by atoms with Crippen LogP contribution in [0.5, 0.6) is 0 Å². The van der Waals surface area contributed by atoms with Crippen LogP contribution in [0, 0.1) is 5.82 Å². The largest absolute Gasteiger partial charge is 0.397 e. The minimum atomic E-state index is -0.441. The Morgan fingerprint density at radius 2 is 2.33 bits per heavy atom. The lowest BCUT2D eigenvalue weighted by molar-refractivity contribution is -0.113. The summed E-state index contributed by atoms with van der Waals surface area (Å²) < 4.78 is 14.7. The fraction of sp³-hybridized carbons (Fsp3) is 0.333. The van der Waals surface area contributed by atoms with Gasteiger partial charge in [-0.05, 0) is 41.5 Å². The maximum absolute atomic E-state index is 12.9. The summed E-state index contributed by atoms with van der Waals surface area (Å²) in [5.74, 6) is -0.531. The maximum Gasteiger partial charge on any atom is 0.234 e. The second-order valence-electron chi connectivity index (χ2n) is 4.71. The van der Waals surface area contributed by atoms with Gasteiger partial charge in [0, 0.05) is 0 Å². The second-order valence-corrected chi connectivity index (χ2v) is 5.65. The number of nitrogen functional groups attached to an aromatic ring is 1. The van der Waals surface area contributed by atoms with Crippen LogP contribution in [0.25, 0.3) is 0 Å². The topological polar surface area (TPSA) is 98.7 Å². The van der Waals surface area contributed by atoms with Crippen molar-refractivity contribution in [2.45, 2.75) is 24.0 Å². The molecule has 1 fully saturated rings. The first-order chi connectivity index (χ1) is 10.1. The first-order valence-electron chi connectivity index (χ1n) is 6.39. The van der Waals surface area contributed by atoms with Gasteiger partial charge in [-0.1, -0.05) is 11.8 Å². The number of nitrogens with one attached hydrogen (secondary N) is 1. The summed E-state index contributed by atoms with van der Waals surface area (Å²) in [6.45, 7) is 0. The molecule has 0 spiro atoms. The normalized spacial score (nSPS) is 14.1. The fourth-order valence-corrected chi connectivity index (χ4v) is 2.54. The molecule has 9 heteroatoms. The smallest absolute Gasteiger partial charge is 0.234 e. The van der Waals surface area contributed by atoms with E-state index in [-0.39, 0.29) is 17.3 Å². The molecule has 2 aromatic rings. The molecular formula is C12H13FN6OS. The van der Waals surface area contributed by atoms with E-state index in [0.717, 1.165) is 18.9 Å². The first kappa shape index (κ1) is 13.8. The van der Waals surface area contributed by atoms with Gasteiger partial charge in [0.05, 0.1) is 23.2 Å². The summed E-state index contributed by atoms with van der Waals surface area (Å²) in [5.41, 5.74) is 6.22. The highest BCUT2D eigenvalue weighted by Crippen LogP contribution is 2.36. The molecule has 1 saturated carbocycles. The van der Waals surface area contributed by atoms with E-state index in [2.05, 4.69) is 20.8 Å². The van der Waals surface area contributed by atoms with Gasteiger partial charge in [0.15, 0.2) is 0 Å². The standard InChI is InChI=1S/C12H13FN6OS/c13-7-1-4-10(9(14)5-7)15-11(20)6-21-12-16-17-18-19(12)8-2-3-8/h1,4-5,8H,2-3,6,14H2,(H,15,20). The number of hydrogen-bond acceptors (Lipinski definition) is 6. The first-order valence-corrected chi connectivity index (χ1v) is 7.37. The number of nitrogens with zero attached hydrogens (tertiary/aromatic N) is 4. The SMILES string of the molecule is Nc1cc(F)ccc1NC(=O)CSc1nnnn1C1CC1. The van der Waals surface area contributed by atoms with Crippen molar-refractivity contribution in [1.82, 2.24) is 20.2 Å². The Labute approximate surface area is 124 Å². The predicted octanol–water partition coefficient (Wildman–Crippen LogP) is 1.46. The van der Waals surface area contributed by atoms with E-state index in [9.17, 15) is 9.18 Å². The van der Waals surface area contributed by atoms with E-state index in [1.807, 2.05) is 0 Å². The summed E-state index contributed by atoms with van der Waals surface area (Å²) in [6.07, 6.45) is 2.13. The van der Waals surface area contributed by atoms with Gasteiger partial charge in [-0.25, -0.2) is 9.07 Å². The van der Waals surface area contributed by atoms with Crippen LogP contribution in [0.1, 0.15) is 18.9 Å². The lowest BCUT2D eigenvalue weighted by atomic mass is 10.2. The van der Waals surface area contributed by atoms with Crippen LogP contribution < -0.4 is 11.1 Å². The predicted molar refractivity (Wildman–Crippen MR) is 76.3 cm³/mol. The number of rotatable bonds is 5. The molecule has 0 atom stereocenters. The van der Waals surface area contributed by atoms with Crippen molar-refractivity contribution in [2.75, 3.05) is 16.8 Å². The second kappa shape index (κ2) is 5.68. The van der Waals surface area contributed by atoms with Crippen molar-refractivity contribution in [3.05, 3.63) is 24.0 Å². The van der Waals surface area contributed by atoms with Gasteiger partial charge in [0.25, 0.3) is 0 Å². The number of tetrazole rings is 1. The third kappa shape index (κ3) is 3.30. The zero-order valence-corrected chi connectivity index (χ0v) is 11.8. The zero-order valence-electron chi connectivity index (χ0n) is 11.0. The Bertz CT molecular complexity index is 672. The van der Waals surface area contributed by atoms with Gasteiger partial charge in [-0.2, -0.15) is 0 Å². The number of aromatic nitrogens is 4. The lowest BCUT2D eigenvalue weighted by Gasteiger charge is -2.07. The van der Waals surface area contributed by atoms with Crippen LogP contribution in [-0.2, 0) is 4.79 Å². The number of thioether (sulfide) groups is 1. The molecule has 1 aliphatic rings. The molecule has 1 aliphatic carbocycles. The Balaban J connectivity index is 1.57. The van der Waals surface area contributed by atoms with Crippen LogP contribution in [0.4, 0.5) is 15.8 Å². The van der Waals surface area contributed by atoms with E-state index < -0.39 is 5.82 Å². The van der Waals surface area contributed by atoms with Gasteiger partial charge in [-0.3, -0.25) is 4.79 Å². The van der Waals surface area contributed by atoms with Crippen LogP contribution in [0.2, 0.25) is 0 Å². The summed E-state index contributed by atoms with van der Waals surface area (Å²) in [5, 5.41) is 14.7. The van der Waals surface area contributed by atoms with Crippen molar-refractivity contribution in [2.24, 2.45) is 0 Å². The molecule has 7 nitrogen and oxygen atoms in total. The maximum atomic E-state index is 12.9. The molecule has 0 bridgehead atoms. The van der Waals surface area contributed by atoms with Crippen LogP contribution in [0.15, 0.2) is 23.4 Å². The van der Waals surface area contributed by atoms with Gasteiger partial charge in [0.1, 0.15) is 5.82 Å². The minimum absolute atomic E-state index is 0.157. The number of anilines is 2. The van der Waals surface area contributed by atoms with Crippen LogP contribution in [-0.4, -0.2) is 31.9 Å². The number of carbonyl (C=O) groups is 1. The number of halogens is 1. The number of hydrogen-bond donors (Lipinski definition) is 2. The van der Waals surface area contributed by atoms with E-state index in [0.29, 0.717) is 16.9 Å². The fourth-order valence-electron chi connectivity index (χ4n) is 1.79. The van der Waals surface area contributed by atoms with Crippen LogP contribution in [0.3, 0.4) is 0 Å². The van der Waals surface area contributed by atoms with E-state index in [4.69, 9.17) is 5.73 Å². The minimum Gasteiger partial charge on any atom is -0.397 e. The molecule has 0 saturated heterocycles. The molecule has 1 amide bonds. The van der Waals surface area contributed by atoms with E-state index in [1.165, 1.54) is 23.9 Å². The molecule has 0 aliphatic heterocycles. The third-order valence-corrected chi connectivity index (χ3v) is 3.91. The van der Waals surface area contributed by atoms with E-state index in [1.54, 1.807) is 4.68 Å². The number of carbonyl (C=O) groups excluding carboxylic acids is 1. The van der Waals surface area contributed by atoms with Gasteiger partial charge < -0.3 is 11.1 Å². The van der Waals surface area contributed by atoms with Gasteiger partial charge in [-0.15, -0.1) is 5.10 Å². The van der Waals surface area contributed by atoms with Gasteiger partial charge in [0.2, 0.25) is 11.1 Å². The molecule has 1 heterocycles. The highest BCUT2D eigenvalue weighted by molar-refractivity contribution is 7.99. The molecule has 110 valence electrons. The molecule has 21 heavy (non-hydrogen) atoms. The summed E-state index contributed by atoms with van der Waals surface area (Å²) in [7, 11) is 0. The number of benzene rings is 1. The molecule has 0 unspecified atom stereocenters. The lowest BCUT2D eigenvalue weighted by Crippen LogP contribution is -2.15. The Morgan fingerprint density at radius 3 is 3.05 bits per heavy atom. The third-order valence-electron chi connectivity index (χ3n) is 2.98. The van der Waals surface area contributed by atoms with Crippen molar-refractivity contribution < 1.29 is 9.18 Å². The Kier molecular flexibility index (Phi) is 3.74. The molecule has 1 aromatic heterocycles. The molecular weight excluding hydrogens is 295 g/mol. The highest BCUT2D eigenvalue weighted by atomic mass is 32.2. The van der Waals surface area contributed by atoms with Crippen molar-refractivity contribution in [3.63, 3.8) is 0 Å². The summed E-state index contributed by atoms with van der Waals surface area (Å²) in [4.78, 5) is 11.9. The monoisotopic (exact) mass is 308 g/mol. The number of amides is 1. The van der Waals surface area contributed by atoms with Crippen molar-refractivity contribution in [1.29, 1.82) is 0 Å². The molecule has 1 aromatic carbocycles. The Morgan fingerprint density at radius 1 is 1.52 bits per heavy atom. The summed E-state index contributed by atoms with van der Waals surface area (Å²) >= 11 is 1.26. The Hall–Kier alpha value is -2.16. The quantitative estimate of drug-likeness (QED) is 0.641. The highest BCUT2D eigenvalue weighted by Gasteiger charge is 2.28. The molecule has 3 rings (SSSR count). The van der Waals surface area contributed by atoms with Crippen LogP contribution >= 0.6 is 11.8 Å². The molecule has 3 N–H and O–H groups in total. The average Bonchev–Trinajstić information content (AvgIpc) is 3.18.